The molecule has 0 radical (unpaired) electrons. The summed E-state index contributed by atoms with van der Waals surface area (Å²) < 4.78 is 1.74. The highest BCUT2D eigenvalue weighted by Crippen LogP contribution is 2.11. The second-order valence-corrected chi connectivity index (χ2v) is 5.40. The summed E-state index contributed by atoms with van der Waals surface area (Å²) in [6.45, 7) is 3.92. The molecule has 4 nitrogen and oxygen atoms in total. The fourth-order valence-corrected chi connectivity index (χ4v) is 2.38. The Kier molecular flexibility index (Phi) is 4.15. The van der Waals surface area contributed by atoms with E-state index in [9.17, 15) is 4.79 Å². The van der Waals surface area contributed by atoms with E-state index in [-0.39, 0.29) is 5.91 Å². The summed E-state index contributed by atoms with van der Waals surface area (Å²) in [4.78, 5) is 16.4. The first-order valence-corrected chi connectivity index (χ1v) is 7.40. The van der Waals surface area contributed by atoms with E-state index >= 15 is 0 Å². The molecule has 0 atom stereocenters. The quantitative estimate of drug-likeness (QED) is 0.729. The average molecular weight is 303 g/mol. The van der Waals surface area contributed by atoms with E-state index in [2.05, 4.69) is 10.1 Å². The molecule has 0 saturated carbocycles. The molecule has 4 heteroatoms. The summed E-state index contributed by atoms with van der Waals surface area (Å²) in [5, 5.41) is 4.85. The van der Waals surface area contributed by atoms with Crippen molar-refractivity contribution in [1.29, 1.82) is 0 Å². The molecular weight excluding hydrogens is 286 g/mol. The number of hydrogen-bond acceptors (Lipinski definition) is 2. The second-order valence-electron chi connectivity index (χ2n) is 5.40. The molecule has 2 aromatic carbocycles. The van der Waals surface area contributed by atoms with Gasteiger partial charge in [0.15, 0.2) is 0 Å². The van der Waals surface area contributed by atoms with Crippen LogP contribution in [0.15, 0.2) is 72.0 Å². The lowest BCUT2D eigenvalue weighted by Crippen LogP contribution is -2.11. The number of amides is 1. The molecule has 0 bridgehead atoms. The van der Waals surface area contributed by atoms with Crippen LogP contribution in [0.4, 0.5) is 0 Å². The number of aryl methyl sites for hydroxylation is 2. The third kappa shape index (κ3) is 3.43. The SMILES string of the molecule is Cc1ccc(C(=O)/N=c2\ccn(-c3ccccc3)nc2)c(C)c1. The number of rotatable bonds is 2. The van der Waals surface area contributed by atoms with Crippen LogP contribution in [0.2, 0.25) is 0 Å². The third-order valence-corrected chi connectivity index (χ3v) is 3.56. The maximum atomic E-state index is 12.3. The van der Waals surface area contributed by atoms with E-state index in [1.165, 1.54) is 0 Å². The number of hydrogen-bond donors (Lipinski definition) is 0. The Morgan fingerprint density at radius 3 is 2.48 bits per heavy atom. The smallest absolute Gasteiger partial charge is 0.267 e. The van der Waals surface area contributed by atoms with Crippen LogP contribution in [-0.4, -0.2) is 15.7 Å². The van der Waals surface area contributed by atoms with Crippen molar-refractivity contribution in [1.82, 2.24) is 9.78 Å². The summed E-state index contributed by atoms with van der Waals surface area (Å²) in [7, 11) is 0. The Morgan fingerprint density at radius 2 is 1.83 bits per heavy atom. The Hall–Kier alpha value is -3.01. The van der Waals surface area contributed by atoms with Gasteiger partial charge < -0.3 is 0 Å². The first kappa shape index (κ1) is 14.9. The van der Waals surface area contributed by atoms with Crippen LogP contribution in [-0.2, 0) is 0 Å². The molecule has 23 heavy (non-hydrogen) atoms. The van der Waals surface area contributed by atoms with Gasteiger partial charge in [-0.3, -0.25) is 4.79 Å². The lowest BCUT2D eigenvalue weighted by atomic mass is 10.1. The van der Waals surface area contributed by atoms with Gasteiger partial charge in [0, 0.05) is 11.8 Å². The van der Waals surface area contributed by atoms with Crippen LogP contribution < -0.4 is 5.36 Å². The van der Waals surface area contributed by atoms with Crippen molar-refractivity contribution in [3.05, 3.63) is 89.0 Å². The van der Waals surface area contributed by atoms with Crippen molar-refractivity contribution in [2.45, 2.75) is 13.8 Å². The zero-order valence-electron chi connectivity index (χ0n) is 13.1. The molecular formula is C19H17N3O. The van der Waals surface area contributed by atoms with Crippen molar-refractivity contribution < 1.29 is 4.79 Å². The van der Waals surface area contributed by atoms with Gasteiger partial charge in [0.05, 0.1) is 17.2 Å². The maximum Gasteiger partial charge on any atom is 0.277 e. The van der Waals surface area contributed by atoms with E-state index in [0.29, 0.717) is 10.9 Å². The largest absolute Gasteiger partial charge is 0.277 e. The topological polar surface area (TPSA) is 47.2 Å². The summed E-state index contributed by atoms with van der Waals surface area (Å²) in [5.74, 6) is -0.248. The van der Waals surface area contributed by atoms with Crippen molar-refractivity contribution in [2.24, 2.45) is 4.99 Å². The zero-order chi connectivity index (χ0) is 16.2. The van der Waals surface area contributed by atoms with Crippen molar-refractivity contribution >= 4 is 5.91 Å². The van der Waals surface area contributed by atoms with Crippen LogP contribution in [0.25, 0.3) is 5.69 Å². The van der Waals surface area contributed by atoms with E-state index in [4.69, 9.17) is 0 Å². The van der Waals surface area contributed by atoms with Crippen molar-refractivity contribution in [3.63, 3.8) is 0 Å². The highest BCUT2D eigenvalue weighted by Gasteiger charge is 2.07. The molecule has 1 aromatic heterocycles. The fourth-order valence-electron chi connectivity index (χ4n) is 2.38. The molecule has 0 N–H and O–H groups in total. The van der Waals surface area contributed by atoms with E-state index in [1.54, 1.807) is 23.1 Å². The molecule has 3 rings (SSSR count). The lowest BCUT2D eigenvalue weighted by molar-refractivity contribution is 0.0998. The molecule has 1 heterocycles. The van der Waals surface area contributed by atoms with Crippen molar-refractivity contribution in [2.75, 3.05) is 0 Å². The fraction of sp³-hybridized carbons (Fsp3) is 0.105. The molecule has 1 amide bonds. The molecule has 0 unspecified atom stereocenters. The highest BCUT2D eigenvalue weighted by atomic mass is 16.1. The minimum Gasteiger partial charge on any atom is -0.267 e. The Morgan fingerprint density at radius 1 is 1.04 bits per heavy atom. The molecule has 0 aliphatic heterocycles. The summed E-state index contributed by atoms with van der Waals surface area (Å²) in [6.07, 6.45) is 3.39. The van der Waals surface area contributed by atoms with Gasteiger partial charge in [-0.15, -0.1) is 0 Å². The molecule has 0 saturated heterocycles. The summed E-state index contributed by atoms with van der Waals surface area (Å²) in [5.41, 5.74) is 3.64. The molecule has 0 spiro atoms. The molecule has 0 aliphatic rings. The minimum absolute atomic E-state index is 0.248. The molecule has 3 aromatic rings. The predicted octanol–water partition coefficient (Wildman–Crippen LogP) is 3.23. The highest BCUT2D eigenvalue weighted by molar-refractivity contribution is 5.96. The van der Waals surface area contributed by atoms with Gasteiger partial charge in [-0.05, 0) is 43.7 Å². The number of carbonyl (C=O) groups excluding carboxylic acids is 1. The number of para-hydroxylation sites is 1. The van der Waals surface area contributed by atoms with Crippen LogP contribution in [0.5, 0.6) is 0 Å². The lowest BCUT2D eigenvalue weighted by Gasteiger charge is -2.04. The van der Waals surface area contributed by atoms with Gasteiger partial charge in [0.2, 0.25) is 0 Å². The van der Waals surface area contributed by atoms with Crippen LogP contribution >= 0.6 is 0 Å². The van der Waals surface area contributed by atoms with Crippen LogP contribution in [0.1, 0.15) is 21.5 Å². The monoisotopic (exact) mass is 303 g/mol. The van der Waals surface area contributed by atoms with Gasteiger partial charge in [-0.1, -0.05) is 35.9 Å². The van der Waals surface area contributed by atoms with Gasteiger partial charge >= 0.3 is 0 Å². The Balaban J connectivity index is 1.89. The second kappa shape index (κ2) is 6.40. The van der Waals surface area contributed by atoms with E-state index in [1.807, 2.05) is 62.4 Å². The van der Waals surface area contributed by atoms with Gasteiger partial charge in [0.1, 0.15) is 0 Å². The third-order valence-electron chi connectivity index (χ3n) is 3.56. The van der Waals surface area contributed by atoms with Crippen molar-refractivity contribution in [3.8, 4) is 5.69 Å². The first-order chi connectivity index (χ1) is 11.1. The summed E-state index contributed by atoms with van der Waals surface area (Å²) >= 11 is 0. The Bertz CT molecular complexity index is 891. The standard InChI is InChI=1S/C19H17N3O/c1-14-8-9-18(15(2)12-14)19(23)21-16-10-11-22(20-13-16)17-6-4-3-5-7-17/h3-13H,1-2H3/b21-16+. The number of aromatic nitrogens is 2. The van der Waals surface area contributed by atoms with E-state index in [0.717, 1.165) is 16.8 Å². The van der Waals surface area contributed by atoms with Crippen LogP contribution in [0.3, 0.4) is 0 Å². The average Bonchev–Trinajstić information content (AvgIpc) is 2.56. The normalized spacial score (nSPS) is 11.5. The molecule has 0 fully saturated rings. The number of nitrogens with zero attached hydrogens (tertiary/aromatic N) is 3. The van der Waals surface area contributed by atoms with Crippen LogP contribution in [0, 0.1) is 13.8 Å². The predicted molar refractivity (Wildman–Crippen MR) is 89.4 cm³/mol. The van der Waals surface area contributed by atoms with Gasteiger partial charge in [-0.2, -0.15) is 5.10 Å². The summed E-state index contributed by atoms with van der Waals surface area (Å²) in [6, 6.07) is 17.3. The van der Waals surface area contributed by atoms with Gasteiger partial charge in [-0.25, -0.2) is 9.67 Å². The molecule has 114 valence electrons. The molecule has 0 aliphatic carbocycles. The zero-order valence-corrected chi connectivity index (χ0v) is 13.1. The Labute approximate surface area is 134 Å². The maximum absolute atomic E-state index is 12.3. The minimum atomic E-state index is -0.248. The van der Waals surface area contributed by atoms with E-state index < -0.39 is 0 Å². The van der Waals surface area contributed by atoms with Gasteiger partial charge in [0.25, 0.3) is 5.91 Å². The number of carbonyl (C=O) groups is 1. The first-order valence-electron chi connectivity index (χ1n) is 7.40. The number of benzene rings is 2.